The molecule has 1 aliphatic heterocycles. The molecule has 128 valence electrons. The zero-order valence-electron chi connectivity index (χ0n) is 13.1. The number of carbonyl (C=O) groups excluding carboxylic acids is 2. The van der Waals surface area contributed by atoms with Crippen LogP contribution in [0, 0.1) is 0 Å². The van der Waals surface area contributed by atoms with Gasteiger partial charge < -0.3 is 21.1 Å². The summed E-state index contributed by atoms with van der Waals surface area (Å²) in [5, 5.41) is 20.9. The molecule has 1 fully saturated rings. The van der Waals surface area contributed by atoms with Gasteiger partial charge in [0, 0.05) is 6.54 Å². The number of aliphatic hydroxyl groups excluding tert-OH is 1. The normalized spacial score (nSPS) is 18.8. The number of fused-ring (bicyclic) bond motifs is 1. The van der Waals surface area contributed by atoms with Gasteiger partial charge in [-0.25, -0.2) is 4.68 Å². The van der Waals surface area contributed by atoms with Crippen LogP contribution in [-0.4, -0.2) is 62.0 Å². The number of carbonyl (C=O) groups is 2. The summed E-state index contributed by atoms with van der Waals surface area (Å²) in [5.41, 5.74) is 6.88. The molecule has 2 aromatic rings. The van der Waals surface area contributed by atoms with E-state index >= 15 is 0 Å². The summed E-state index contributed by atoms with van der Waals surface area (Å²) >= 11 is 0. The molecule has 2 unspecified atom stereocenters. The summed E-state index contributed by atoms with van der Waals surface area (Å²) in [6, 6.07) is 6.84. The van der Waals surface area contributed by atoms with Gasteiger partial charge in [0.1, 0.15) is 12.2 Å². The highest BCUT2D eigenvalue weighted by molar-refractivity contribution is 5.84. The molecular formula is C15H20N6O3. The van der Waals surface area contributed by atoms with Crippen LogP contribution in [0.4, 0.5) is 0 Å². The highest BCUT2D eigenvalue weighted by Crippen LogP contribution is 2.20. The van der Waals surface area contributed by atoms with Gasteiger partial charge in [-0.2, -0.15) is 0 Å². The molecule has 0 bridgehead atoms. The van der Waals surface area contributed by atoms with Crippen molar-refractivity contribution in [3.63, 3.8) is 0 Å². The minimum atomic E-state index is -1.29. The average molecular weight is 332 g/mol. The van der Waals surface area contributed by atoms with Crippen LogP contribution in [0.3, 0.4) is 0 Å². The van der Waals surface area contributed by atoms with Crippen molar-refractivity contribution in [2.24, 2.45) is 5.73 Å². The molecule has 9 heteroatoms. The lowest BCUT2D eigenvalue weighted by Gasteiger charge is -2.27. The average Bonchev–Trinajstić information content (AvgIpc) is 3.25. The molecule has 0 aliphatic carbocycles. The smallest absolute Gasteiger partial charge is 0.252 e. The summed E-state index contributed by atoms with van der Waals surface area (Å²) in [6.07, 6.45) is 0.0268. The number of aromatic nitrogens is 3. The monoisotopic (exact) mass is 332 g/mol. The molecule has 1 aromatic carbocycles. The fraction of sp³-hybridized carbons (Fsp3) is 0.467. The highest BCUT2D eigenvalue weighted by atomic mass is 16.3. The van der Waals surface area contributed by atoms with Crippen LogP contribution >= 0.6 is 0 Å². The molecule has 3 rings (SSSR count). The maximum Gasteiger partial charge on any atom is 0.252 e. The van der Waals surface area contributed by atoms with Crippen molar-refractivity contribution in [1.29, 1.82) is 0 Å². The summed E-state index contributed by atoms with van der Waals surface area (Å²) < 4.78 is 1.54. The molecule has 1 saturated heterocycles. The van der Waals surface area contributed by atoms with Gasteiger partial charge in [0.2, 0.25) is 5.91 Å². The topological polar surface area (TPSA) is 126 Å². The van der Waals surface area contributed by atoms with E-state index in [1.54, 1.807) is 0 Å². The first-order valence-corrected chi connectivity index (χ1v) is 7.85. The van der Waals surface area contributed by atoms with Crippen LogP contribution in [0.5, 0.6) is 0 Å². The molecule has 24 heavy (non-hydrogen) atoms. The van der Waals surface area contributed by atoms with Gasteiger partial charge in [-0.3, -0.25) is 9.59 Å². The van der Waals surface area contributed by atoms with Crippen LogP contribution in [0.2, 0.25) is 0 Å². The zero-order valence-corrected chi connectivity index (χ0v) is 13.1. The molecule has 1 aliphatic rings. The maximum absolute atomic E-state index is 12.2. The van der Waals surface area contributed by atoms with Crippen LogP contribution in [0.15, 0.2) is 24.3 Å². The van der Waals surface area contributed by atoms with Crippen LogP contribution < -0.4 is 11.1 Å². The van der Waals surface area contributed by atoms with Crippen molar-refractivity contribution < 1.29 is 14.7 Å². The Morgan fingerprint density at radius 3 is 3.00 bits per heavy atom. The Hall–Kier alpha value is -2.52. The first-order chi connectivity index (χ1) is 11.6. The van der Waals surface area contributed by atoms with Gasteiger partial charge >= 0.3 is 0 Å². The van der Waals surface area contributed by atoms with Crippen molar-refractivity contribution in [2.45, 2.75) is 31.7 Å². The van der Waals surface area contributed by atoms with E-state index in [1.807, 2.05) is 24.3 Å². The largest absolute Gasteiger partial charge is 0.381 e. The van der Waals surface area contributed by atoms with Gasteiger partial charge in [-0.1, -0.05) is 17.3 Å². The van der Waals surface area contributed by atoms with E-state index in [-0.39, 0.29) is 19.1 Å². The number of rotatable bonds is 5. The van der Waals surface area contributed by atoms with Crippen molar-refractivity contribution in [3.05, 3.63) is 24.3 Å². The summed E-state index contributed by atoms with van der Waals surface area (Å²) in [4.78, 5) is 25.5. The molecule has 2 atom stereocenters. The number of benzene rings is 1. The second-order valence-corrected chi connectivity index (χ2v) is 5.72. The van der Waals surface area contributed by atoms with Gasteiger partial charge in [-0.15, -0.1) is 5.10 Å². The van der Waals surface area contributed by atoms with Crippen LogP contribution in [-0.2, 0) is 16.3 Å². The fourth-order valence-electron chi connectivity index (χ4n) is 3.01. The predicted molar refractivity (Wildman–Crippen MR) is 85.5 cm³/mol. The number of aliphatic hydroxyl groups is 1. The van der Waals surface area contributed by atoms with E-state index in [2.05, 4.69) is 15.6 Å². The van der Waals surface area contributed by atoms with E-state index in [1.165, 1.54) is 9.58 Å². The van der Waals surface area contributed by atoms with Gasteiger partial charge in [0.05, 0.1) is 18.1 Å². The Balaban J connectivity index is 1.63. The molecule has 2 amide bonds. The summed E-state index contributed by atoms with van der Waals surface area (Å²) in [5.74, 6) is -0.803. The minimum absolute atomic E-state index is 0.0912. The first kappa shape index (κ1) is 16.3. The van der Waals surface area contributed by atoms with Gasteiger partial charge in [0.15, 0.2) is 6.10 Å². The van der Waals surface area contributed by atoms with Crippen LogP contribution in [0.25, 0.3) is 11.0 Å². The van der Waals surface area contributed by atoms with Crippen molar-refractivity contribution >= 4 is 22.8 Å². The van der Waals surface area contributed by atoms with Crippen molar-refractivity contribution in [2.75, 3.05) is 13.1 Å². The lowest BCUT2D eigenvalue weighted by Crippen LogP contribution is -2.51. The molecule has 0 radical (unpaired) electrons. The lowest BCUT2D eigenvalue weighted by molar-refractivity contribution is -0.138. The molecular weight excluding hydrogens is 312 g/mol. The van der Waals surface area contributed by atoms with E-state index in [0.717, 1.165) is 17.5 Å². The molecule has 4 N–H and O–H groups in total. The second kappa shape index (κ2) is 6.93. The predicted octanol–water partition coefficient (Wildman–Crippen LogP) is -1.18. The summed E-state index contributed by atoms with van der Waals surface area (Å²) in [6.45, 7) is 0.475. The van der Waals surface area contributed by atoms with Crippen molar-refractivity contribution in [1.82, 2.24) is 25.2 Å². The Kier molecular flexibility index (Phi) is 4.72. The Labute approximate surface area is 138 Å². The number of amides is 2. The molecule has 2 heterocycles. The molecule has 0 spiro atoms. The fourth-order valence-corrected chi connectivity index (χ4v) is 3.01. The third-order valence-corrected chi connectivity index (χ3v) is 4.25. The van der Waals surface area contributed by atoms with Gasteiger partial charge in [-0.05, 0) is 25.0 Å². The number of nitrogens with two attached hydrogens (primary N) is 1. The SMILES string of the molecule is NCC(=O)N1CCCC1C(O)C(=O)NCn1nnc2ccccc21. The van der Waals surface area contributed by atoms with E-state index in [9.17, 15) is 14.7 Å². The lowest BCUT2D eigenvalue weighted by atomic mass is 10.1. The third-order valence-electron chi connectivity index (χ3n) is 4.25. The summed E-state index contributed by atoms with van der Waals surface area (Å²) in [7, 11) is 0. The maximum atomic E-state index is 12.2. The number of hydrogen-bond donors (Lipinski definition) is 3. The van der Waals surface area contributed by atoms with E-state index in [4.69, 9.17) is 5.73 Å². The number of para-hydroxylation sites is 1. The molecule has 9 nitrogen and oxygen atoms in total. The second-order valence-electron chi connectivity index (χ2n) is 5.72. The quantitative estimate of drug-likeness (QED) is 0.632. The molecule has 1 aromatic heterocycles. The first-order valence-electron chi connectivity index (χ1n) is 7.85. The number of nitrogens with one attached hydrogen (secondary N) is 1. The van der Waals surface area contributed by atoms with Crippen molar-refractivity contribution in [3.8, 4) is 0 Å². The van der Waals surface area contributed by atoms with Gasteiger partial charge in [0.25, 0.3) is 5.91 Å². The Morgan fingerprint density at radius 2 is 2.21 bits per heavy atom. The Morgan fingerprint density at radius 1 is 1.42 bits per heavy atom. The minimum Gasteiger partial charge on any atom is -0.381 e. The Bertz CT molecular complexity index is 746. The van der Waals surface area contributed by atoms with Crippen LogP contribution in [0.1, 0.15) is 12.8 Å². The third kappa shape index (κ3) is 3.08. The standard InChI is InChI=1S/C15H20N6O3/c16-8-13(22)20-7-3-6-12(20)14(23)15(24)17-9-21-11-5-2-1-4-10(11)18-19-21/h1-2,4-5,12,14,23H,3,6-9,16H2,(H,17,24). The number of nitrogens with zero attached hydrogens (tertiary/aromatic N) is 4. The van der Waals surface area contributed by atoms with E-state index < -0.39 is 18.1 Å². The number of likely N-dealkylation sites (tertiary alicyclic amines) is 1. The zero-order chi connectivity index (χ0) is 17.1. The number of hydrogen-bond acceptors (Lipinski definition) is 6. The van der Waals surface area contributed by atoms with E-state index in [0.29, 0.717) is 13.0 Å². The molecule has 0 saturated carbocycles. The highest BCUT2D eigenvalue weighted by Gasteiger charge is 2.36.